The first kappa shape index (κ1) is 20.1. The number of hydrogen-bond donors (Lipinski definition) is 0. The SMILES string of the molecule is CCN(/N=C\c1ccc(OC(=O)c2cccnc2)c(OC)c1)c1ccc(C)cc1. The molecule has 0 N–H and O–H groups in total. The Morgan fingerprint density at radius 1 is 1.14 bits per heavy atom. The summed E-state index contributed by atoms with van der Waals surface area (Å²) in [7, 11) is 1.53. The van der Waals surface area contributed by atoms with Crippen LogP contribution in [-0.4, -0.2) is 30.8 Å². The predicted octanol–water partition coefficient (Wildman–Crippen LogP) is 4.48. The summed E-state index contributed by atoms with van der Waals surface area (Å²) < 4.78 is 10.8. The second-order valence-corrected chi connectivity index (χ2v) is 6.34. The molecule has 0 atom stereocenters. The van der Waals surface area contributed by atoms with E-state index in [2.05, 4.69) is 29.1 Å². The maximum atomic E-state index is 12.3. The fraction of sp³-hybridized carbons (Fsp3) is 0.174. The first-order chi connectivity index (χ1) is 14.1. The minimum atomic E-state index is -0.491. The van der Waals surface area contributed by atoms with Crippen LogP contribution in [0.3, 0.4) is 0 Å². The summed E-state index contributed by atoms with van der Waals surface area (Å²) >= 11 is 0. The van der Waals surface area contributed by atoms with E-state index in [0.717, 1.165) is 17.8 Å². The van der Waals surface area contributed by atoms with Gasteiger partial charge in [-0.05, 0) is 61.9 Å². The highest BCUT2D eigenvalue weighted by atomic mass is 16.6. The van der Waals surface area contributed by atoms with Crippen molar-refractivity contribution in [3.8, 4) is 11.5 Å². The molecule has 148 valence electrons. The number of esters is 1. The third kappa shape index (κ3) is 5.19. The average molecular weight is 389 g/mol. The summed E-state index contributed by atoms with van der Waals surface area (Å²) in [6.45, 7) is 4.83. The third-order valence-corrected chi connectivity index (χ3v) is 4.27. The topological polar surface area (TPSA) is 64.0 Å². The Labute approximate surface area is 170 Å². The summed E-state index contributed by atoms with van der Waals surface area (Å²) in [5.41, 5.74) is 3.42. The van der Waals surface area contributed by atoms with Crippen LogP contribution >= 0.6 is 0 Å². The molecule has 0 aliphatic carbocycles. The van der Waals surface area contributed by atoms with E-state index in [-0.39, 0.29) is 0 Å². The highest BCUT2D eigenvalue weighted by molar-refractivity contribution is 5.91. The first-order valence-corrected chi connectivity index (χ1v) is 9.29. The maximum absolute atomic E-state index is 12.3. The molecular formula is C23H23N3O3. The van der Waals surface area contributed by atoms with Crippen molar-refractivity contribution in [1.29, 1.82) is 0 Å². The van der Waals surface area contributed by atoms with Crippen molar-refractivity contribution < 1.29 is 14.3 Å². The van der Waals surface area contributed by atoms with Crippen molar-refractivity contribution in [3.05, 3.63) is 83.7 Å². The van der Waals surface area contributed by atoms with Gasteiger partial charge in [-0.25, -0.2) is 4.79 Å². The number of pyridine rings is 1. The molecule has 0 fully saturated rings. The second kappa shape index (κ2) is 9.50. The Morgan fingerprint density at radius 3 is 2.59 bits per heavy atom. The number of hydrogen-bond acceptors (Lipinski definition) is 6. The number of anilines is 1. The van der Waals surface area contributed by atoms with E-state index in [0.29, 0.717) is 17.1 Å². The van der Waals surface area contributed by atoms with Crippen molar-refractivity contribution in [1.82, 2.24) is 4.98 Å². The van der Waals surface area contributed by atoms with E-state index in [9.17, 15) is 4.79 Å². The molecule has 0 unspecified atom stereocenters. The van der Waals surface area contributed by atoms with Gasteiger partial charge in [0.15, 0.2) is 11.5 Å². The molecule has 6 nitrogen and oxygen atoms in total. The normalized spacial score (nSPS) is 10.7. The highest BCUT2D eigenvalue weighted by Gasteiger charge is 2.13. The fourth-order valence-corrected chi connectivity index (χ4v) is 2.68. The number of aryl methyl sites for hydroxylation is 1. The molecule has 0 bridgehead atoms. The Bertz CT molecular complexity index is 986. The zero-order valence-corrected chi connectivity index (χ0v) is 16.7. The molecule has 1 aromatic heterocycles. The summed E-state index contributed by atoms with van der Waals surface area (Å²) in [4.78, 5) is 16.2. The number of carbonyl (C=O) groups is 1. The third-order valence-electron chi connectivity index (χ3n) is 4.27. The number of nitrogens with zero attached hydrogens (tertiary/aromatic N) is 3. The van der Waals surface area contributed by atoms with E-state index >= 15 is 0 Å². The Balaban J connectivity index is 1.76. The summed E-state index contributed by atoms with van der Waals surface area (Å²) in [6, 6.07) is 16.8. The lowest BCUT2D eigenvalue weighted by atomic mass is 10.2. The van der Waals surface area contributed by atoms with Gasteiger partial charge in [-0.15, -0.1) is 0 Å². The molecule has 0 spiro atoms. The van der Waals surface area contributed by atoms with Crippen LogP contribution in [0.5, 0.6) is 11.5 Å². The smallest absolute Gasteiger partial charge is 0.345 e. The van der Waals surface area contributed by atoms with Crippen molar-refractivity contribution in [2.45, 2.75) is 13.8 Å². The molecule has 0 radical (unpaired) electrons. The summed E-state index contributed by atoms with van der Waals surface area (Å²) in [6.07, 6.45) is 4.81. The monoisotopic (exact) mass is 389 g/mol. The van der Waals surface area contributed by atoms with E-state index in [1.165, 1.54) is 18.9 Å². The lowest BCUT2D eigenvalue weighted by Crippen LogP contribution is -2.15. The fourth-order valence-electron chi connectivity index (χ4n) is 2.68. The van der Waals surface area contributed by atoms with Crippen molar-refractivity contribution in [2.24, 2.45) is 5.10 Å². The Kier molecular flexibility index (Phi) is 6.58. The molecule has 2 aromatic carbocycles. The number of methoxy groups -OCH3 is 1. The van der Waals surface area contributed by atoms with Crippen LogP contribution in [0.4, 0.5) is 5.69 Å². The number of hydrazone groups is 1. The van der Waals surface area contributed by atoms with E-state index in [1.807, 2.05) is 30.1 Å². The first-order valence-electron chi connectivity index (χ1n) is 9.29. The van der Waals surface area contributed by atoms with Gasteiger partial charge in [-0.2, -0.15) is 5.10 Å². The van der Waals surface area contributed by atoms with Crippen molar-refractivity contribution >= 4 is 17.9 Å². The minimum absolute atomic E-state index is 0.337. The lowest BCUT2D eigenvalue weighted by molar-refractivity contribution is 0.0729. The molecule has 0 aliphatic rings. The van der Waals surface area contributed by atoms with Crippen LogP contribution in [0.1, 0.15) is 28.4 Å². The van der Waals surface area contributed by atoms with Crippen LogP contribution in [0.25, 0.3) is 0 Å². The predicted molar refractivity (Wildman–Crippen MR) is 114 cm³/mol. The van der Waals surface area contributed by atoms with Gasteiger partial charge < -0.3 is 9.47 Å². The van der Waals surface area contributed by atoms with E-state index in [1.54, 1.807) is 36.7 Å². The van der Waals surface area contributed by atoms with Gasteiger partial charge in [0.1, 0.15) is 0 Å². The number of ether oxygens (including phenoxy) is 2. The standard InChI is InChI=1S/C23H23N3O3/c1-4-26(20-10-7-17(2)8-11-20)25-15-18-9-12-21(22(14-18)28-3)29-23(27)19-6-5-13-24-16-19/h5-16H,4H2,1-3H3/b25-15-. The summed E-state index contributed by atoms with van der Waals surface area (Å²) in [5.74, 6) is 0.295. The van der Waals surface area contributed by atoms with E-state index in [4.69, 9.17) is 9.47 Å². The van der Waals surface area contributed by atoms with Gasteiger partial charge in [0, 0.05) is 18.9 Å². The van der Waals surface area contributed by atoms with Gasteiger partial charge >= 0.3 is 5.97 Å². The zero-order valence-electron chi connectivity index (χ0n) is 16.7. The van der Waals surface area contributed by atoms with Crippen LogP contribution in [-0.2, 0) is 0 Å². The van der Waals surface area contributed by atoms with Gasteiger partial charge in [-0.3, -0.25) is 9.99 Å². The molecular weight excluding hydrogens is 366 g/mol. The van der Waals surface area contributed by atoms with Gasteiger partial charge in [-0.1, -0.05) is 17.7 Å². The molecule has 6 heteroatoms. The van der Waals surface area contributed by atoms with Crippen molar-refractivity contribution in [2.75, 3.05) is 18.7 Å². The number of aromatic nitrogens is 1. The molecule has 1 heterocycles. The van der Waals surface area contributed by atoms with Gasteiger partial charge in [0.05, 0.1) is 24.6 Å². The average Bonchev–Trinajstić information content (AvgIpc) is 2.76. The highest BCUT2D eigenvalue weighted by Crippen LogP contribution is 2.28. The molecule has 29 heavy (non-hydrogen) atoms. The molecule has 3 aromatic rings. The molecule has 0 saturated carbocycles. The largest absolute Gasteiger partial charge is 0.493 e. The summed E-state index contributed by atoms with van der Waals surface area (Å²) in [5, 5.41) is 6.47. The molecule has 0 amide bonds. The second-order valence-electron chi connectivity index (χ2n) is 6.34. The van der Waals surface area contributed by atoms with Crippen LogP contribution in [0.15, 0.2) is 72.1 Å². The Morgan fingerprint density at radius 2 is 1.93 bits per heavy atom. The molecule has 3 rings (SSSR count). The van der Waals surface area contributed by atoms with Gasteiger partial charge in [0.25, 0.3) is 0 Å². The van der Waals surface area contributed by atoms with Crippen LogP contribution < -0.4 is 14.5 Å². The van der Waals surface area contributed by atoms with E-state index < -0.39 is 5.97 Å². The Hall–Kier alpha value is -3.67. The number of carbonyl (C=O) groups excluding carboxylic acids is 1. The maximum Gasteiger partial charge on any atom is 0.345 e. The van der Waals surface area contributed by atoms with Crippen LogP contribution in [0, 0.1) is 6.92 Å². The zero-order chi connectivity index (χ0) is 20.6. The van der Waals surface area contributed by atoms with Crippen LogP contribution in [0.2, 0.25) is 0 Å². The lowest BCUT2D eigenvalue weighted by Gasteiger charge is -2.17. The minimum Gasteiger partial charge on any atom is -0.493 e. The quantitative estimate of drug-likeness (QED) is 0.258. The number of benzene rings is 2. The van der Waals surface area contributed by atoms with Crippen molar-refractivity contribution in [3.63, 3.8) is 0 Å². The van der Waals surface area contributed by atoms with Gasteiger partial charge in [0.2, 0.25) is 0 Å². The molecule has 0 aliphatic heterocycles. The molecule has 0 saturated heterocycles. The number of rotatable bonds is 7.